The molecule has 1 aromatic carbocycles. The third-order valence-electron chi connectivity index (χ3n) is 4.05. The van der Waals surface area contributed by atoms with Gasteiger partial charge in [0.2, 0.25) is 15.9 Å². The van der Waals surface area contributed by atoms with Crippen LogP contribution in [0.3, 0.4) is 0 Å². The molecule has 0 spiro atoms. The molecule has 0 aliphatic carbocycles. The summed E-state index contributed by atoms with van der Waals surface area (Å²) < 4.78 is 31.8. The molecule has 0 saturated carbocycles. The monoisotopic (exact) mass is 400 g/mol. The molecule has 146 valence electrons. The van der Waals surface area contributed by atoms with Gasteiger partial charge in [-0.25, -0.2) is 8.42 Å². The van der Waals surface area contributed by atoms with E-state index in [4.69, 9.17) is 4.74 Å². The molecular formula is C18H28N2O4S2. The summed E-state index contributed by atoms with van der Waals surface area (Å²) in [4.78, 5) is 11.9. The fraction of sp³-hybridized carbons (Fsp3) is 0.611. The largest absolute Gasteiger partial charge is 0.373 e. The van der Waals surface area contributed by atoms with Crippen LogP contribution in [0, 0.1) is 6.92 Å². The predicted molar refractivity (Wildman–Crippen MR) is 106 cm³/mol. The van der Waals surface area contributed by atoms with E-state index in [2.05, 4.69) is 11.4 Å². The van der Waals surface area contributed by atoms with Crippen molar-refractivity contribution in [3.05, 3.63) is 35.4 Å². The predicted octanol–water partition coefficient (Wildman–Crippen LogP) is 1.78. The molecule has 1 heterocycles. The summed E-state index contributed by atoms with van der Waals surface area (Å²) in [6, 6.07) is 8.18. The summed E-state index contributed by atoms with van der Waals surface area (Å²) in [6.45, 7) is 6.64. The number of aryl methyl sites for hydroxylation is 1. The quantitative estimate of drug-likeness (QED) is 0.720. The van der Waals surface area contributed by atoms with Crippen molar-refractivity contribution in [2.75, 3.05) is 31.1 Å². The highest BCUT2D eigenvalue weighted by Gasteiger charge is 2.30. The lowest BCUT2D eigenvalue weighted by atomic mass is 10.2. The molecule has 2 atom stereocenters. The number of thioether (sulfide) groups is 1. The fourth-order valence-corrected chi connectivity index (χ4v) is 5.22. The van der Waals surface area contributed by atoms with E-state index in [1.165, 1.54) is 27.2 Å². The lowest BCUT2D eigenvalue weighted by Crippen LogP contribution is -2.49. The van der Waals surface area contributed by atoms with E-state index in [1.807, 2.05) is 39.0 Å². The van der Waals surface area contributed by atoms with Gasteiger partial charge in [-0.1, -0.05) is 29.8 Å². The number of nitrogens with one attached hydrogen (secondary N) is 1. The molecule has 6 nitrogen and oxygen atoms in total. The fourth-order valence-electron chi connectivity index (χ4n) is 2.92. The van der Waals surface area contributed by atoms with Gasteiger partial charge >= 0.3 is 0 Å². The number of amides is 1. The first-order chi connectivity index (χ1) is 12.3. The minimum absolute atomic E-state index is 0.0826. The van der Waals surface area contributed by atoms with Crippen molar-refractivity contribution >= 4 is 27.7 Å². The van der Waals surface area contributed by atoms with Crippen molar-refractivity contribution in [2.24, 2.45) is 0 Å². The van der Waals surface area contributed by atoms with Gasteiger partial charge in [-0.2, -0.15) is 4.31 Å². The second-order valence-corrected chi connectivity index (χ2v) is 9.80. The van der Waals surface area contributed by atoms with Crippen LogP contribution in [-0.2, 0) is 25.3 Å². The molecule has 8 heteroatoms. The van der Waals surface area contributed by atoms with Crippen LogP contribution in [0.2, 0.25) is 0 Å². The summed E-state index contributed by atoms with van der Waals surface area (Å²) >= 11 is 1.52. The zero-order valence-corrected chi connectivity index (χ0v) is 17.2. The smallest absolute Gasteiger partial charge is 0.230 e. The summed E-state index contributed by atoms with van der Waals surface area (Å²) in [5.74, 6) is 0.860. The Bertz CT molecular complexity index is 699. The molecule has 26 heavy (non-hydrogen) atoms. The average Bonchev–Trinajstić information content (AvgIpc) is 2.54. The Morgan fingerprint density at radius 2 is 2.00 bits per heavy atom. The number of benzene rings is 1. The van der Waals surface area contributed by atoms with Gasteiger partial charge in [-0.3, -0.25) is 4.79 Å². The Hall–Kier alpha value is -1.09. The summed E-state index contributed by atoms with van der Waals surface area (Å²) in [5, 5.41) is 2.70. The van der Waals surface area contributed by atoms with Crippen molar-refractivity contribution in [3.8, 4) is 0 Å². The maximum absolute atomic E-state index is 12.4. The topological polar surface area (TPSA) is 75.7 Å². The number of hydrogen-bond acceptors (Lipinski definition) is 5. The molecule has 0 aromatic heterocycles. The summed E-state index contributed by atoms with van der Waals surface area (Å²) in [7, 11) is -3.38. The number of rotatable bonds is 8. The highest BCUT2D eigenvalue weighted by molar-refractivity contribution is 7.99. The maximum atomic E-state index is 12.4. The molecule has 1 aromatic rings. The minimum Gasteiger partial charge on any atom is -0.373 e. The second-order valence-electron chi connectivity index (χ2n) is 6.72. The van der Waals surface area contributed by atoms with E-state index in [9.17, 15) is 13.2 Å². The van der Waals surface area contributed by atoms with E-state index in [0.717, 1.165) is 5.75 Å². The molecule has 1 amide bonds. The van der Waals surface area contributed by atoms with Crippen LogP contribution in [0.15, 0.2) is 24.3 Å². The Morgan fingerprint density at radius 3 is 2.65 bits per heavy atom. The van der Waals surface area contributed by atoms with Crippen LogP contribution in [0.4, 0.5) is 0 Å². The van der Waals surface area contributed by atoms with E-state index in [1.54, 1.807) is 0 Å². The van der Waals surface area contributed by atoms with Gasteiger partial charge in [0.1, 0.15) is 0 Å². The second kappa shape index (κ2) is 9.73. The first-order valence-corrected chi connectivity index (χ1v) is 11.6. The third kappa shape index (κ3) is 6.90. The van der Waals surface area contributed by atoms with E-state index in [-0.39, 0.29) is 30.4 Å². The summed E-state index contributed by atoms with van der Waals surface area (Å²) in [6.07, 6.45) is -0.220. The highest BCUT2D eigenvalue weighted by atomic mass is 32.2. The zero-order chi connectivity index (χ0) is 19.2. The van der Waals surface area contributed by atoms with Gasteiger partial charge in [-0.15, -0.1) is 11.8 Å². The molecule has 1 N–H and O–H groups in total. The van der Waals surface area contributed by atoms with Crippen molar-refractivity contribution < 1.29 is 17.9 Å². The zero-order valence-electron chi connectivity index (χ0n) is 15.6. The molecule has 1 aliphatic heterocycles. The van der Waals surface area contributed by atoms with E-state index < -0.39 is 10.0 Å². The van der Waals surface area contributed by atoms with Gasteiger partial charge in [0.15, 0.2) is 0 Å². The van der Waals surface area contributed by atoms with Crippen molar-refractivity contribution in [1.29, 1.82) is 0 Å². The molecule has 0 radical (unpaired) electrons. The van der Waals surface area contributed by atoms with Gasteiger partial charge in [0, 0.05) is 25.4 Å². The Labute approximate surface area is 160 Å². The highest BCUT2D eigenvalue weighted by Crippen LogP contribution is 2.15. The number of carbonyl (C=O) groups excluding carboxylic acids is 1. The number of nitrogens with zero attached hydrogens (tertiary/aromatic N) is 1. The molecule has 1 aliphatic rings. The molecule has 2 rings (SSSR count). The molecule has 1 fully saturated rings. The molecular weight excluding hydrogens is 372 g/mol. The van der Waals surface area contributed by atoms with Crippen LogP contribution in [0.5, 0.6) is 0 Å². The SMILES string of the molecule is Cc1cccc(CSCC(=O)NCCS(=O)(=O)N2CC(C)OC(C)C2)c1. The van der Waals surface area contributed by atoms with Crippen LogP contribution in [0.1, 0.15) is 25.0 Å². The van der Waals surface area contributed by atoms with Gasteiger partial charge < -0.3 is 10.1 Å². The first kappa shape index (κ1) is 21.2. The number of hydrogen-bond donors (Lipinski definition) is 1. The summed E-state index contributed by atoms with van der Waals surface area (Å²) in [5.41, 5.74) is 2.38. The molecule has 1 saturated heterocycles. The standard InChI is InChI=1S/C18H28N2O4S2/c1-14-5-4-6-17(9-14)12-25-13-18(21)19-7-8-26(22,23)20-10-15(2)24-16(3)11-20/h4-6,9,15-16H,7-8,10-13H2,1-3H3,(H,19,21). The van der Waals surface area contributed by atoms with Crippen LogP contribution >= 0.6 is 11.8 Å². The van der Waals surface area contributed by atoms with Crippen LogP contribution in [0.25, 0.3) is 0 Å². The average molecular weight is 401 g/mol. The third-order valence-corrected chi connectivity index (χ3v) is 6.85. The maximum Gasteiger partial charge on any atom is 0.230 e. The van der Waals surface area contributed by atoms with Gasteiger partial charge in [-0.05, 0) is 26.3 Å². The van der Waals surface area contributed by atoms with E-state index in [0.29, 0.717) is 18.8 Å². The Morgan fingerprint density at radius 1 is 1.31 bits per heavy atom. The van der Waals surface area contributed by atoms with Crippen LogP contribution in [-0.4, -0.2) is 62.0 Å². The Balaban J connectivity index is 1.68. The van der Waals surface area contributed by atoms with Crippen molar-refractivity contribution in [3.63, 3.8) is 0 Å². The first-order valence-electron chi connectivity index (χ1n) is 8.79. The number of carbonyl (C=O) groups is 1. The van der Waals surface area contributed by atoms with Gasteiger partial charge in [0.05, 0.1) is 23.7 Å². The lowest BCUT2D eigenvalue weighted by molar-refractivity contribution is -0.118. The minimum atomic E-state index is -3.38. The molecule has 2 unspecified atom stereocenters. The van der Waals surface area contributed by atoms with Gasteiger partial charge in [0.25, 0.3) is 0 Å². The van der Waals surface area contributed by atoms with Crippen molar-refractivity contribution in [2.45, 2.75) is 38.7 Å². The normalized spacial score (nSPS) is 21.5. The van der Waals surface area contributed by atoms with E-state index >= 15 is 0 Å². The Kier molecular flexibility index (Phi) is 7.94. The van der Waals surface area contributed by atoms with Crippen LogP contribution < -0.4 is 5.32 Å². The number of ether oxygens (including phenoxy) is 1. The number of morpholine rings is 1. The molecule has 0 bridgehead atoms. The number of sulfonamides is 1. The lowest BCUT2D eigenvalue weighted by Gasteiger charge is -2.34. The van der Waals surface area contributed by atoms with Crippen molar-refractivity contribution in [1.82, 2.24) is 9.62 Å².